The van der Waals surface area contributed by atoms with E-state index in [-0.39, 0.29) is 5.43 Å². The fourth-order valence-electron chi connectivity index (χ4n) is 1.81. The van der Waals surface area contributed by atoms with E-state index in [4.69, 9.17) is 11.6 Å². The fraction of sp³-hybridized carbons (Fsp3) is 0.167. The Bertz CT molecular complexity index is 787. The van der Waals surface area contributed by atoms with Crippen LogP contribution < -0.4 is 5.43 Å². The van der Waals surface area contributed by atoms with Gasteiger partial charge in [-0.2, -0.15) is 5.10 Å². The van der Waals surface area contributed by atoms with Crippen molar-refractivity contribution in [3.8, 4) is 0 Å². The first-order valence-electron chi connectivity index (χ1n) is 5.64. The Labute approximate surface area is 113 Å². The zero-order chi connectivity index (χ0) is 13.4. The minimum atomic E-state index is -0.0303. The molecule has 0 amide bonds. The van der Waals surface area contributed by atoms with Crippen molar-refractivity contribution in [2.45, 2.75) is 6.54 Å². The highest BCUT2D eigenvalue weighted by atomic mass is 35.5. The first kappa shape index (κ1) is 11.9. The number of pyridine rings is 1. The van der Waals surface area contributed by atoms with Crippen molar-refractivity contribution in [3.63, 3.8) is 0 Å². The number of rotatable bonds is 2. The maximum atomic E-state index is 11.0. The van der Waals surface area contributed by atoms with Gasteiger partial charge in [0.25, 0.3) is 0 Å². The Morgan fingerprint density at radius 1 is 1.26 bits per heavy atom. The Balaban J connectivity index is 2.03. The van der Waals surface area contributed by atoms with Crippen LogP contribution in [0.1, 0.15) is 5.82 Å². The molecule has 0 aliphatic rings. The first-order valence-corrected chi connectivity index (χ1v) is 6.01. The molecule has 3 aromatic heterocycles. The Kier molecular flexibility index (Phi) is 2.79. The average molecular weight is 276 g/mol. The summed E-state index contributed by atoms with van der Waals surface area (Å²) >= 11 is 6.10. The van der Waals surface area contributed by atoms with E-state index in [1.807, 2.05) is 4.57 Å². The number of aryl methyl sites for hydroxylation is 1. The molecule has 0 fully saturated rings. The minimum Gasteiger partial charge on any atom is -0.346 e. The third kappa shape index (κ3) is 2.22. The van der Waals surface area contributed by atoms with E-state index in [2.05, 4.69) is 15.1 Å². The maximum Gasteiger partial charge on any atom is 0.181 e. The van der Waals surface area contributed by atoms with Gasteiger partial charge in [0.15, 0.2) is 16.9 Å². The van der Waals surface area contributed by atoms with Crippen LogP contribution in [0, 0.1) is 0 Å². The summed E-state index contributed by atoms with van der Waals surface area (Å²) < 4.78 is 3.47. The van der Waals surface area contributed by atoms with Crippen LogP contribution in [0.5, 0.6) is 0 Å². The van der Waals surface area contributed by atoms with Gasteiger partial charge in [0, 0.05) is 31.6 Å². The van der Waals surface area contributed by atoms with E-state index in [1.165, 1.54) is 12.1 Å². The molecule has 0 aliphatic carbocycles. The van der Waals surface area contributed by atoms with Crippen molar-refractivity contribution in [3.05, 3.63) is 51.9 Å². The predicted octanol–water partition coefficient (Wildman–Crippen LogP) is 1.23. The van der Waals surface area contributed by atoms with Crippen molar-refractivity contribution in [2.24, 2.45) is 7.05 Å². The molecule has 96 valence electrons. The van der Waals surface area contributed by atoms with Crippen molar-refractivity contribution < 1.29 is 0 Å². The molecule has 0 saturated carbocycles. The van der Waals surface area contributed by atoms with Gasteiger partial charge in [0.1, 0.15) is 5.15 Å². The van der Waals surface area contributed by atoms with Gasteiger partial charge in [-0.05, 0) is 0 Å². The third-order valence-electron chi connectivity index (χ3n) is 2.78. The molecule has 0 unspecified atom stereocenters. The Morgan fingerprint density at radius 3 is 2.74 bits per heavy atom. The summed E-state index contributed by atoms with van der Waals surface area (Å²) in [4.78, 5) is 19.7. The molecule has 3 heterocycles. The van der Waals surface area contributed by atoms with Gasteiger partial charge in [0.2, 0.25) is 0 Å². The average Bonchev–Trinajstić information content (AvgIpc) is 2.75. The van der Waals surface area contributed by atoms with Crippen LogP contribution in [0.25, 0.3) is 11.0 Å². The lowest BCUT2D eigenvalue weighted by Gasteiger charge is -2.05. The molecular formula is C12H10ClN5O. The van der Waals surface area contributed by atoms with E-state index >= 15 is 0 Å². The van der Waals surface area contributed by atoms with Gasteiger partial charge in [0.05, 0.1) is 18.1 Å². The Morgan fingerprint density at radius 2 is 2.00 bits per heavy atom. The van der Waals surface area contributed by atoms with Gasteiger partial charge < -0.3 is 4.57 Å². The van der Waals surface area contributed by atoms with Gasteiger partial charge in [-0.1, -0.05) is 11.6 Å². The quantitative estimate of drug-likeness (QED) is 0.660. The van der Waals surface area contributed by atoms with Gasteiger partial charge >= 0.3 is 0 Å². The van der Waals surface area contributed by atoms with Crippen molar-refractivity contribution >= 4 is 22.6 Å². The molecule has 0 aromatic carbocycles. The van der Waals surface area contributed by atoms with Crippen LogP contribution in [0.4, 0.5) is 0 Å². The zero-order valence-electron chi connectivity index (χ0n) is 10.1. The second-order valence-corrected chi connectivity index (χ2v) is 4.50. The van der Waals surface area contributed by atoms with E-state index < -0.39 is 0 Å². The smallest absolute Gasteiger partial charge is 0.181 e. The molecular weight excluding hydrogens is 266 g/mol. The monoisotopic (exact) mass is 275 g/mol. The lowest BCUT2D eigenvalue weighted by atomic mass is 10.4. The Hall–Kier alpha value is -2.21. The molecule has 0 radical (unpaired) electrons. The molecule has 3 aromatic rings. The van der Waals surface area contributed by atoms with Gasteiger partial charge in [-0.3, -0.25) is 9.48 Å². The molecule has 19 heavy (non-hydrogen) atoms. The number of fused-ring (bicyclic) bond motifs is 1. The van der Waals surface area contributed by atoms with Crippen LogP contribution >= 0.6 is 11.6 Å². The molecule has 0 atom stereocenters. The number of halogens is 1. The van der Waals surface area contributed by atoms with Gasteiger partial charge in [-0.15, -0.1) is 0 Å². The third-order valence-corrected chi connectivity index (χ3v) is 3.06. The SMILES string of the molecule is Cn1ncc2c(Cl)nc(Cn3ccc(=O)cc3)nc21. The maximum absolute atomic E-state index is 11.0. The summed E-state index contributed by atoms with van der Waals surface area (Å²) in [6, 6.07) is 2.98. The zero-order valence-corrected chi connectivity index (χ0v) is 10.9. The largest absolute Gasteiger partial charge is 0.346 e. The molecule has 6 nitrogen and oxygen atoms in total. The van der Waals surface area contributed by atoms with Crippen LogP contribution in [0.15, 0.2) is 35.5 Å². The lowest BCUT2D eigenvalue weighted by Crippen LogP contribution is -2.08. The number of nitrogens with zero attached hydrogens (tertiary/aromatic N) is 5. The first-order chi connectivity index (χ1) is 9.13. The summed E-state index contributed by atoms with van der Waals surface area (Å²) in [5.41, 5.74) is 0.660. The van der Waals surface area contributed by atoms with Crippen LogP contribution in [-0.4, -0.2) is 24.3 Å². The summed E-state index contributed by atoms with van der Waals surface area (Å²) in [6.07, 6.45) is 5.01. The number of aromatic nitrogens is 5. The second-order valence-electron chi connectivity index (χ2n) is 4.14. The van der Waals surface area contributed by atoms with Crippen LogP contribution in [0.2, 0.25) is 5.15 Å². The number of hydrogen-bond acceptors (Lipinski definition) is 4. The van der Waals surface area contributed by atoms with E-state index in [9.17, 15) is 4.79 Å². The predicted molar refractivity (Wildman–Crippen MR) is 71.1 cm³/mol. The standard InChI is InChI=1S/C12H10ClN5O/c1-17-12-9(6-14-17)11(13)15-10(16-12)7-18-4-2-8(19)3-5-18/h2-6H,7H2,1H3. The molecule has 3 rings (SSSR count). The molecule has 0 N–H and O–H groups in total. The summed E-state index contributed by atoms with van der Waals surface area (Å²) in [7, 11) is 1.80. The molecule has 7 heteroatoms. The number of hydrogen-bond donors (Lipinski definition) is 0. The molecule has 0 aliphatic heterocycles. The summed E-state index contributed by atoms with van der Waals surface area (Å²) in [5.74, 6) is 0.574. The van der Waals surface area contributed by atoms with E-state index in [1.54, 1.807) is 30.3 Å². The fourth-order valence-corrected chi connectivity index (χ4v) is 2.04. The topological polar surface area (TPSA) is 65.6 Å². The second kappa shape index (κ2) is 4.47. The van der Waals surface area contributed by atoms with Crippen LogP contribution in [0.3, 0.4) is 0 Å². The highest BCUT2D eigenvalue weighted by Crippen LogP contribution is 2.19. The van der Waals surface area contributed by atoms with Crippen molar-refractivity contribution in [1.82, 2.24) is 24.3 Å². The summed E-state index contributed by atoms with van der Waals surface area (Å²) in [5, 5.41) is 5.21. The van der Waals surface area contributed by atoms with E-state index in [0.717, 1.165) is 5.39 Å². The summed E-state index contributed by atoms with van der Waals surface area (Å²) in [6.45, 7) is 0.446. The molecule has 0 saturated heterocycles. The highest BCUT2D eigenvalue weighted by Gasteiger charge is 2.09. The lowest BCUT2D eigenvalue weighted by molar-refractivity contribution is 0.730. The highest BCUT2D eigenvalue weighted by molar-refractivity contribution is 6.33. The van der Waals surface area contributed by atoms with Crippen molar-refractivity contribution in [1.29, 1.82) is 0 Å². The molecule has 0 spiro atoms. The normalized spacial score (nSPS) is 11.1. The van der Waals surface area contributed by atoms with E-state index in [0.29, 0.717) is 23.2 Å². The minimum absolute atomic E-state index is 0.0303. The van der Waals surface area contributed by atoms with Crippen LogP contribution in [-0.2, 0) is 13.6 Å². The van der Waals surface area contributed by atoms with Gasteiger partial charge in [-0.25, -0.2) is 9.97 Å². The van der Waals surface area contributed by atoms with Crippen molar-refractivity contribution in [2.75, 3.05) is 0 Å². The molecule has 0 bridgehead atoms.